The van der Waals surface area contributed by atoms with Crippen LogP contribution in [0.15, 0.2) is 60.8 Å². The first kappa shape index (κ1) is 23.5. The molecule has 0 saturated heterocycles. The first-order valence-electron chi connectivity index (χ1n) is 10.5. The van der Waals surface area contributed by atoms with Crippen LogP contribution in [0.2, 0.25) is 0 Å². The average Bonchev–Trinajstić information content (AvgIpc) is 3.04. The molecule has 0 amide bonds. The van der Waals surface area contributed by atoms with Crippen LogP contribution in [0, 0.1) is 13.8 Å². The third-order valence-electron chi connectivity index (χ3n) is 5.59. The van der Waals surface area contributed by atoms with Gasteiger partial charge in [-0.2, -0.15) is 0 Å². The molecule has 2 aromatic heterocycles. The molecule has 0 unspecified atom stereocenters. The summed E-state index contributed by atoms with van der Waals surface area (Å²) < 4.78 is 19.7. The second-order valence-corrected chi connectivity index (χ2v) is 7.48. The minimum Gasteiger partial charge on any atom is -0.497 e. The minimum absolute atomic E-state index is 0. The standard InChI is InChI=1S/C26H28N2O3.ClH/c1-5-30-23-12-7-6-10-21(23)17-31-24-13-14-27-25-18(2)19(3)28(26(24)25)16-20-9-8-11-22(15-20)29-4;/h6-15H,5,16-17H2,1-4H3;1H. The third kappa shape index (κ3) is 4.68. The van der Waals surface area contributed by atoms with E-state index in [9.17, 15) is 0 Å². The van der Waals surface area contributed by atoms with E-state index in [1.54, 1.807) is 7.11 Å². The van der Waals surface area contributed by atoms with E-state index < -0.39 is 0 Å². The molecule has 168 valence electrons. The molecule has 4 aromatic rings. The predicted molar refractivity (Wildman–Crippen MR) is 130 cm³/mol. The maximum Gasteiger partial charge on any atom is 0.147 e. The molecule has 0 N–H and O–H groups in total. The summed E-state index contributed by atoms with van der Waals surface area (Å²) in [7, 11) is 1.69. The van der Waals surface area contributed by atoms with Gasteiger partial charge in [0.2, 0.25) is 0 Å². The Labute approximate surface area is 195 Å². The summed E-state index contributed by atoms with van der Waals surface area (Å²) in [5.74, 6) is 2.52. The van der Waals surface area contributed by atoms with E-state index in [0.717, 1.165) is 45.0 Å². The largest absolute Gasteiger partial charge is 0.497 e. The molecule has 0 aliphatic heterocycles. The summed E-state index contributed by atoms with van der Waals surface area (Å²) in [5, 5.41) is 0. The fourth-order valence-electron chi connectivity index (χ4n) is 3.86. The highest BCUT2D eigenvalue weighted by molar-refractivity contribution is 5.86. The first-order valence-corrected chi connectivity index (χ1v) is 10.5. The normalized spacial score (nSPS) is 10.6. The smallest absolute Gasteiger partial charge is 0.147 e. The Kier molecular flexibility index (Phi) is 7.65. The van der Waals surface area contributed by atoms with Crippen molar-refractivity contribution in [2.24, 2.45) is 0 Å². The molecule has 0 fully saturated rings. The van der Waals surface area contributed by atoms with Crippen molar-refractivity contribution in [3.8, 4) is 17.2 Å². The number of halogens is 1. The van der Waals surface area contributed by atoms with E-state index >= 15 is 0 Å². The summed E-state index contributed by atoms with van der Waals surface area (Å²) in [5.41, 5.74) is 6.50. The lowest BCUT2D eigenvalue weighted by molar-refractivity contribution is 0.288. The Morgan fingerprint density at radius 1 is 0.938 bits per heavy atom. The van der Waals surface area contributed by atoms with Gasteiger partial charge < -0.3 is 18.8 Å². The molecule has 0 radical (unpaired) electrons. The Hall–Kier alpha value is -3.18. The highest BCUT2D eigenvalue weighted by Crippen LogP contribution is 2.33. The Balaban J connectivity index is 0.00000289. The Morgan fingerprint density at radius 3 is 2.53 bits per heavy atom. The number of benzene rings is 2. The van der Waals surface area contributed by atoms with Gasteiger partial charge in [0.1, 0.15) is 29.4 Å². The number of nitrogens with zero attached hydrogens (tertiary/aromatic N) is 2. The first-order chi connectivity index (χ1) is 15.1. The van der Waals surface area contributed by atoms with Gasteiger partial charge in [0.25, 0.3) is 0 Å². The highest BCUT2D eigenvalue weighted by Gasteiger charge is 2.17. The van der Waals surface area contributed by atoms with Gasteiger partial charge in [-0.05, 0) is 50.1 Å². The van der Waals surface area contributed by atoms with Crippen LogP contribution in [-0.2, 0) is 13.2 Å². The van der Waals surface area contributed by atoms with E-state index in [0.29, 0.717) is 19.8 Å². The van der Waals surface area contributed by atoms with Crippen molar-refractivity contribution in [3.05, 3.63) is 83.2 Å². The van der Waals surface area contributed by atoms with E-state index in [4.69, 9.17) is 14.2 Å². The lowest BCUT2D eigenvalue weighted by Gasteiger charge is -2.14. The molecule has 2 aromatic carbocycles. The SMILES string of the molecule is CCOc1ccccc1COc1ccnc2c(C)c(C)n(Cc3cccc(OC)c3)c12.Cl. The van der Waals surface area contributed by atoms with E-state index in [1.807, 2.05) is 55.6 Å². The number of hydrogen-bond donors (Lipinski definition) is 0. The van der Waals surface area contributed by atoms with Crippen LogP contribution in [0.25, 0.3) is 11.0 Å². The second-order valence-electron chi connectivity index (χ2n) is 7.48. The molecule has 4 rings (SSSR count). The molecule has 6 heteroatoms. The number of methoxy groups -OCH3 is 1. The molecule has 32 heavy (non-hydrogen) atoms. The molecule has 5 nitrogen and oxygen atoms in total. The van der Waals surface area contributed by atoms with Crippen molar-refractivity contribution in [1.29, 1.82) is 0 Å². The fraction of sp³-hybridized carbons (Fsp3) is 0.269. The van der Waals surface area contributed by atoms with Gasteiger partial charge >= 0.3 is 0 Å². The van der Waals surface area contributed by atoms with Crippen LogP contribution in [0.4, 0.5) is 0 Å². The number of aryl methyl sites for hydroxylation is 1. The summed E-state index contributed by atoms with van der Waals surface area (Å²) in [6, 6.07) is 18.1. The van der Waals surface area contributed by atoms with Crippen LogP contribution >= 0.6 is 12.4 Å². The van der Waals surface area contributed by atoms with E-state index in [1.165, 1.54) is 5.69 Å². The lowest BCUT2D eigenvalue weighted by atomic mass is 10.2. The predicted octanol–water partition coefficient (Wildman–Crippen LogP) is 6.11. The van der Waals surface area contributed by atoms with Crippen LogP contribution < -0.4 is 14.2 Å². The zero-order valence-corrected chi connectivity index (χ0v) is 19.7. The number of aromatic nitrogens is 2. The highest BCUT2D eigenvalue weighted by atomic mass is 35.5. The molecular formula is C26H29ClN2O3. The van der Waals surface area contributed by atoms with Crippen molar-refractivity contribution in [2.45, 2.75) is 33.9 Å². The number of rotatable bonds is 8. The average molecular weight is 453 g/mol. The number of pyridine rings is 1. The fourth-order valence-corrected chi connectivity index (χ4v) is 3.86. The van der Waals surface area contributed by atoms with Crippen molar-refractivity contribution in [1.82, 2.24) is 9.55 Å². The Morgan fingerprint density at radius 2 is 1.75 bits per heavy atom. The van der Waals surface area contributed by atoms with Gasteiger partial charge in [-0.25, -0.2) is 0 Å². The molecular weight excluding hydrogens is 424 g/mol. The zero-order valence-electron chi connectivity index (χ0n) is 18.9. The van der Waals surface area contributed by atoms with Crippen LogP contribution in [0.3, 0.4) is 0 Å². The summed E-state index contributed by atoms with van der Waals surface area (Å²) in [4.78, 5) is 4.65. The maximum absolute atomic E-state index is 6.32. The number of hydrogen-bond acceptors (Lipinski definition) is 4. The van der Waals surface area contributed by atoms with E-state index in [2.05, 4.69) is 35.5 Å². The number of para-hydroxylation sites is 1. The topological polar surface area (TPSA) is 45.5 Å². The van der Waals surface area contributed by atoms with Gasteiger partial charge in [-0.3, -0.25) is 4.98 Å². The zero-order chi connectivity index (χ0) is 21.8. The van der Waals surface area contributed by atoms with Crippen LogP contribution in [-0.4, -0.2) is 23.3 Å². The monoisotopic (exact) mass is 452 g/mol. The number of fused-ring (bicyclic) bond motifs is 1. The molecule has 0 bridgehead atoms. The number of ether oxygens (including phenoxy) is 3. The van der Waals surface area contributed by atoms with Crippen molar-refractivity contribution in [3.63, 3.8) is 0 Å². The summed E-state index contributed by atoms with van der Waals surface area (Å²) in [6.45, 7) is 7.99. The molecule has 0 saturated carbocycles. The molecule has 0 atom stereocenters. The van der Waals surface area contributed by atoms with Gasteiger partial charge in [0.05, 0.1) is 19.2 Å². The second kappa shape index (κ2) is 10.4. The maximum atomic E-state index is 6.32. The van der Waals surface area contributed by atoms with Gasteiger partial charge in [-0.15, -0.1) is 12.4 Å². The van der Waals surface area contributed by atoms with Crippen LogP contribution in [0.5, 0.6) is 17.2 Å². The Bertz CT molecular complexity index is 1200. The summed E-state index contributed by atoms with van der Waals surface area (Å²) >= 11 is 0. The van der Waals surface area contributed by atoms with Gasteiger partial charge in [-0.1, -0.05) is 30.3 Å². The lowest BCUT2D eigenvalue weighted by Crippen LogP contribution is -2.05. The molecule has 2 heterocycles. The third-order valence-corrected chi connectivity index (χ3v) is 5.59. The van der Waals surface area contributed by atoms with Crippen LogP contribution in [0.1, 0.15) is 29.3 Å². The molecule has 0 spiro atoms. The van der Waals surface area contributed by atoms with Gasteiger partial charge in [0.15, 0.2) is 0 Å². The van der Waals surface area contributed by atoms with Gasteiger partial charge in [0, 0.05) is 30.1 Å². The molecule has 0 aliphatic carbocycles. The van der Waals surface area contributed by atoms with Crippen molar-refractivity contribution >= 4 is 23.4 Å². The quantitative estimate of drug-likeness (QED) is 0.323. The van der Waals surface area contributed by atoms with Crippen molar-refractivity contribution < 1.29 is 14.2 Å². The van der Waals surface area contributed by atoms with E-state index in [-0.39, 0.29) is 12.4 Å². The minimum atomic E-state index is 0. The summed E-state index contributed by atoms with van der Waals surface area (Å²) in [6.07, 6.45) is 1.81. The van der Waals surface area contributed by atoms with Crippen molar-refractivity contribution in [2.75, 3.05) is 13.7 Å². The molecule has 0 aliphatic rings.